The number of hydrogen-bond acceptors (Lipinski definition) is 2. The summed E-state index contributed by atoms with van der Waals surface area (Å²) in [4.78, 5) is 0. The van der Waals surface area contributed by atoms with Crippen LogP contribution < -0.4 is 5.32 Å². The molecule has 1 N–H and O–H groups in total. The fourth-order valence-corrected chi connectivity index (χ4v) is 2.00. The van der Waals surface area contributed by atoms with Gasteiger partial charge < -0.3 is 10.1 Å². The lowest BCUT2D eigenvalue weighted by Gasteiger charge is -2.25. The van der Waals surface area contributed by atoms with E-state index in [0.29, 0.717) is 5.92 Å². The highest BCUT2D eigenvalue weighted by molar-refractivity contribution is 6.30. The summed E-state index contributed by atoms with van der Waals surface area (Å²) in [6.45, 7) is 11.1. The first kappa shape index (κ1) is 16.5. The minimum Gasteiger partial charge on any atom is -0.381 e. The second-order valence-corrected chi connectivity index (χ2v) is 6.42. The molecule has 0 fully saturated rings. The molecule has 19 heavy (non-hydrogen) atoms. The van der Waals surface area contributed by atoms with Gasteiger partial charge in [-0.2, -0.15) is 0 Å². The summed E-state index contributed by atoms with van der Waals surface area (Å²) in [5, 5.41) is 4.35. The van der Waals surface area contributed by atoms with E-state index in [0.717, 1.165) is 31.2 Å². The van der Waals surface area contributed by atoms with Gasteiger partial charge in [-0.1, -0.05) is 23.7 Å². The topological polar surface area (TPSA) is 21.3 Å². The molecule has 0 saturated carbocycles. The summed E-state index contributed by atoms with van der Waals surface area (Å²) in [5.41, 5.74) is 1.45. The van der Waals surface area contributed by atoms with Crippen LogP contribution in [-0.2, 0) is 11.2 Å². The van der Waals surface area contributed by atoms with E-state index in [1.54, 1.807) is 0 Å². The molecule has 0 spiro atoms. The number of nitrogens with one attached hydrogen (secondary N) is 1. The Morgan fingerprint density at radius 1 is 1.21 bits per heavy atom. The lowest BCUT2D eigenvalue weighted by Crippen LogP contribution is -2.40. The van der Waals surface area contributed by atoms with Crippen molar-refractivity contribution in [2.75, 3.05) is 19.8 Å². The van der Waals surface area contributed by atoms with Gasteiger partial charge in [0.25, 0.3) is 0 Å². The van der Waals surface area contributed by atoms with Gasteiger partial charge in [-0.05, 0) is 57.7 Å². The standard InChI is InChI=1S/C16H26ClNO/c1-5-19-12-14(11-18-16(2,3)4)10-13-6-8-15(17)9-7-13/h6-9,14,18H,5,10-12H2,1-4H3. The summed E-state index contributed by atoms with van der Waals surface area (Å²) in [5.74, 6) is 0.486. The van der Waals surface area contributed by atoms with E-state index < -0.39 is 0 Å². The Morgan fingerprint density at radius 3 is 2.37 bits per heavy atom. The van der Waals surface area contributed by atoms with Gasteiger partial charge >= 0.3 is 0 Å². The fraction of sp³-hybridized carbons (Fsp3) is 0.625. The van der Waals surface area contributed by atoms with Crippen molar-refractivity contribution in [2.24, 2.45) is 5.92 Å². The van der Waals surface area contributed by atoms with Crippen LogP contribution in [0.25, 0.3) is 0 Å². The Kier molecular flexibility index (Phi) is 6.84. The normalized spacial score (nSPS) is 13.5. The summed E-state index contributed by atoms with van der Waals surface area (Å²) in [6, 6.07) is 8.09. The third-order valence-electron chi connectivity index (χ3n) is 2.92. The van der Waals surface area contributed by atoms with Crippen LogP contribution in [0, 0.1) is 5.92 Å². The van der Waals surface area contributed by atoms with Crippen molar-refractivity contribution in [3.63, 3.8) is 0 Å². The van der Waals surface area contributed by atoms with Crippen LogP contribution in [0.15, 0.2) is 24.3 Å². The van der Waals surface area contributed by atoms with Crippen molar-refractivity contribution in [3.05, 3.63) is 34.9 Å². The second kappa shape index (κ2) is 7.88. The van der Waals surface area contributed by atoms with Crippen molar-refractivity contribution in [3.8, 4) is 0 Å². The average Bonchev–Trinajstić information content (AvgIpc) is 2.34. The van der Waals surface area contributed by atoms with Crippen molar-refractivity contribution in [1.29, 1.82) is 0 Å². The van der Waals surface area contributed by atoms with Crippen LogP contribution in [-0.4, -0.2) is 25.3 Å². The Bertz CT molecular complexity index is 356. The SMILES string of the molecule is CCOCC(CNC(C)(C)C)Cc1ccc(Cl)cc1. The first-order valence-electron chi connectivity index (χ1n) is 6.98. The number of halogens is 1. The third kappa shape index (κ3) is 7.56. The van der Waals surface area contributed by atoms with Gasteiger partial charge in [0.05, 0.1) is 6.61 Å². The molecule has 1 rings (SSSR count). The number of hydrogen-bond donors (Lipinski definition) is 1. The number of ether oxygens (including phenoxy) is 1. The molecule has 3 heteroatoms. The Hall–Kier alpha value is -0.570. The number of rotatable bonds is 7. The minimum absolute atomic E-state index is 0.143. The summed E-state index contributed by atoms with van der Waals surface area (Å²) < 4.78 is 5.59. The minimum atomic E-state index is 0.143. The van der Waals surface area contributed by atoms with Gasteiger partial charge in [-0.25, -0.2) is 0 Å². The second-order valence-electron chi connectivity index (χ2n) is 5.99. The highest BCUT2D eigenvalue weighted by Gasteiger charge is 2.15. The largest absolute Gasteiger partial charge is 0.381 e. The van der Waals surface area contributed by atoms with Crippen LogP contribution in [0.4, 0.5) is 0 Å². The zero-order valence-electron chi connectivity index (χ0n) is 12.5. The average molecular weight is 284 g/mol. The lowest BCUT2D eigenvalue weighted by molar-refractivity contribution is 0.107. The highest BCUT2D eigenvalue weighted by atomic mass is 35.5. The number of benzene rings is 1. The maximum absolute atomic E-state index is 5.92. The molecule has 0 aliphatic rings. The van der Waals surface area contributed by atoms with Crippen LogP contribution in [0.1, 0.15) is 33.3 Å². The maximum Gasteiger partial charge on any atom is 0.0509 e. The van der Waals surface area contributed by atoms with Crippen LogP contribution in [0.2, 0.25) is 5.02 Å². The van der Waals surface area contributed by atoms with E-state index in [2.05, 4.69) is 38.2 Å². The molecule has 1 aromatic rings. The molecule has 1 aromatic carbocycles. The maximum atomic E-state index is 5.92. The van der Waals surface area contributed by atoms with E-state index in [-0.39, 0.29) is 5.54 Å². The predicted molar refractivity (Wildman–Crippen MR) is 82.9 cm³/mol. The fourth-order valence-electron chi connectivity index (χ4n) is 1.88. The molecule has 0 aliphatic heterocycles. The van der Waals surface area contributed by atoms with E-state index in [9.17, 15) is 0 Å². The molecule has 0 aliphatic carbocycles. The molecule has 0 heterocycles. The van der Waals surface area contributed by atoms with Crippen LogP contribution >= 0.6 is 11.6 Å². The van der Waals surface area contributed by atoms with E-state index >= 15 is 0 Å². The molecular formula is C16H26ClNO. The van der Waals surface area contributed by atoms with Gasteiger partial charge in [0.1, 0.15) is 0 Å². The zero-order chi connectivity index (χ0) is 14.3. The van der Waals surface area contributed by atoms with E-state index in [1.807, 2.05) is 19.1 Å². The monoisotopic (exact) mass is 283 g/mol. The summed E-state index contributed by atoms with van der Waals surface area (Å²) in [6.07, 6.45) is 1.01. The van der Waals surface area contributed by atoms with Crippen molar-refractivity contribution < 1.29 is 4.74 Å². The molecule has 0 saturated heterocycles. The van der Waals surface area contributed by atoms with Gasteiger partial charge in [0.2, 0.25) is 0 Å². The molecular weight excluding hydrogens is 258 g/mol. The first-order chi connectivity index (χ1) is 8.90. The van der Waals surface area contributed by atoms with Crippen LogP contribution in [0.5, 0.6) is 0 Å². The molecule has 1 unspecified atom stereocenters. The molecule has 0 amide bonds. The lowest BCUT2D eigenvalue weighted by atomic mass is 9.98. The van der Waals surface area contributed by atoms with Gasteiger partial charge in [-0.3, -0.25) is 0 Å². The third-order valence-corrected chi connectivity index (χ3v) is 3.17. The van der Waals surface area contributed by atoms with Crippen LogP contribution in [0.3, 0.4) is 0 Å². The van der Waals surface area contributed by atoms with E-state index in [1.165, 1.54) is 5.56 Å². The quantitative estimate of drug-likeness (QED) is 0.819. The molecule has 0 aromatic heterocycles. The van der Waals surface area contributed by atoms with E-state index in [4.69, 9.17) is 16.3 Å². The Labute approximate surface area is 122 Å². The molecule has 1 atom stereocenters. The van der Waals surface area contributed by atoms with Gasteiger partial charge in [0.15, 0.2) is 0 Å². The van der Waals surface area contributed by atoms with Crippen molar-refractivity contribution in [2.45, 2.75) is 39.7 Å². The summed E-state index contributed by atoms with van der Waals surface area (Å²) in [7, 11) is 0. The first-order valence-corrected chi connectivity index (χ1v) is 7.35. The van der Waals surface area contributed by atoms with Crippen molar-refractivity contribution in [1.82, 2.24) is 5.32 Å². The predicted octanol–water partition coefficient (Wildman–Crippen LogP) is 3.92. The molecule has 0 radical (unpaired) electrons. The Morgan fingerprint density at radius 2 is 1.84 bits per heavy atom. The van der Waals surface area contributed by atoms with Crippen molar-refractivity contribution >= 4 is 11.6 Å². The molecule has 2 nitrogen and oxygen atoms in total. The highest BCUT2D eigenvalue weighted by Crippen LogP contribution is 2.14. The molecule has 0 bridgehead atoms. The van der Waals surface area contributed by atoms with Gasteiger partial charge in [-0.15, -0.1) is 0 Å². The van der Waals surface area contributed by atoms with Gasteiger partial charge in [0, 0.05) is 23.7 Å². The zero-order valence-corrected chi connectivity index (χ0v) is 13.3. The summed E-state index contributed by atoms with van der Waals surface area (Å²) >= 11 is 5.92. The smallest absolute Gasteiger partial charge is 0.0509 e. The Balaban J connectivity index is 2.55. The molecule has 108 valence electrons.